The molecule has 2 aromatic rings. The van der Waals surface area contributed by atoms with Crippen LogP contribution in [0.2, 0.25) is 10.0 Å². The van der Waals surface area contributed by atoms with Crippen molar-refractivity contribution < 1.29 is 14.5 Å². The van der Waals surface area contributed by atoms with Gasteiger partial charge >= 0.3 is 0 Å². The minimum absolute atomic E-state index is 0.0953. The zero-order valence-electron chi connectivity index (χ0n) is 10.6. The van der Waals surface area contributed by atoms with Crippen LogP contribution in [0.15, 0.2) is 36.4 Å². The third-order valence-electron chi connectivity index (χ3n) is 2.75. The number of nitrogens with zero attached hydrogens (tertiary/aromatic N) is 1. The van der Waals surface area contributed by atoms with Gasteiger partial charge in [0.25, 0.3) is 5.69 Å². The van der Waals surface area contributed by atoms with Crippen LogP contribution in [-0.4, -0.2) is 11.2 Å². The average molecular weight is 326 g/mol. The van der Waals surface area contributed by atoms with Gasteiger partial charge in [0.15, 0.2) is 6.29 Å². The Balaban J connectivity index is 2.22. The van der Waals surface area contributed by atoms with Gasteiger partial charge in [-0.25, -0.2) is 0 Å². The van der Waals surface area contributed by atoms with Crippen molar-refractivity contribution >= 4 is 35.2 Å². The molecule has 0 unspecified atom stereocenters. The van der Waals surface area contributed by atoms with Crippen LogP contribution in [0, 0.1) is 10.1 Å². The smallest absolute Gasteiger partial charge is 0.270 e. The maximum atomic E-state index is 11.0. The van der Waals surface area contributed by atoms with Crippen LogP contribution in [0.5, 0.6) is 5.75 Å². The van der Waals surface area contributed by atoms with Crippen LogP contribution >= 0.6 is 23.2 Å². The Morgan fingerprint density at radius 1 is 1.24 bits per heavy atom. The fourth-order valence-electron chi connectivity index (χ4n) is 1.69. The van der Waals surface area contributed by atoms with Gasteiger partial charge < -0.3 is 4.74 Å². The van der Waals surface area contributed by atoms with Gasteiger partial charge in [-0.15, -0.1) is 0 Å². The Morgan fingerprint density at radius 3 is 2.67 bits per heavy atom. The highest BCUT2D eigenvalue weighted by molar-refractivity contribution is 6.42. The lowest BCUT2D eigenvalue weighted by molar-refractivity contribution is -0.384. The van der Waals surface area contributed by atoms with E-state index < -0.39 is 4.92 Å². The highest BCUT2D eigenvalue weighted by atomic mass is 35.5. The Morgan fingerprint density at radius 2 is 2.00 bits per heavy atom. The fourth-order valence-corrected chi connectivity index (χ4v) is 2.06. The summed E-state index contributed by atoms with van der Waals surface area (Å²) in [5.74, 6) is 0.242. The molecular weight excluding hydrogens is 317 g/mol. The molecule has 0 atom stereocenters. The quantitative estimate of drug-likeness (QED) is 0.467. The highest BCUT2D eigenvalue weighted by Crippen LogP contribution is 2.28. The number of non-ortho nitro benzene ring substituents is 1. The van der Waals surface area contributed by atoms with Crippen molar-refractivity contribution in [1.29, 1.82) is 0 Å². The van der Waals surface area contributed by atoms with Gasteiger partial charge in [-0.05, 0) is 12.1 Å². The summed E-state index contributed by atoms with van der Waals surface area (Å²) in [5, 5.41) is 11.4. The van der Waals surface area contributed by atoms with E-state index >= 15 is 0 Å². The van der Waals surface area contributed by atoms with E-state index in [1.807, 2.05) is 0 Å². The first-order chi connectivity index (χ1) is 10.0. The van der Waals surface area contributed by atoms with Gasteiger partial charge in [0.2, 0.25) is 0 Å². The number of ether oxygens (including phenoxy) is 1. The van der Waals surface area contributed by atoms with Gasteiger partial charge in [0, 0.05) is 17.7 Å². The van der Waals surface area contributed by atoms with Gasteiger partial charge in [-0.1, -0.05) is 35.3 Å². The monoisotopic (exact) mass is 325 g/mol. The predicted molar refractivity (Wildman–Crippen MR) is 79.3 cm³/mol. The van der Waals surface area contributed by atoms with E-state index in [9.17, 15) is 14.9 Å². The first-order valence-electron chi connectivity index (χ1n) is 5.82. The SMILES string of the molecule is O=Cc1cc([N+](=O)[O-])ccc1OCc1cccc(Cl)c1Cl. The topological polar surface area (TPSA) is 69.4 Å². The number of halogens is 2. The zero-order chi connectivity index (χ0) is 15.4. The van der Waals surface area contributed by atoms with Gasteiger partial charge in [-0.3, -0.25) is 14.9 Å². The lowest BCUT2D eigenvalue weighted by atomic mass is 10.2. The van der Waals surface area contributed by atoms with E-state index in [2.05, 4.69) is 0 Å². The molecule has 0 bridgehead atoms. The number of carbonyl (C=O) groups is 1. The molecule has 2 aromatic carbocycles. The summed E-state index contributed by atoms with van der Waals surface area (Å²) in [7, 11) is 0. The van der Waals surface area contributed by atoms with Crippen molar-refractivity contribution in [3.05, 3.63) is 67.7 Å². The Hall–Kier alpha value is -2.11. The van der Waals surface area contributed by atoms with E-state index in [0.717, 1.165) is 6.07 Å². The predicted octanol–water partition coefficient (Wildman–Crippen LogP) is 4.29. The summed E-state index contributed by atoms with van der Waals surface area (Å²) in [5.41, 5.74) is 0.576. The van der Waals surface area contributed by atoms with Crippen LogP contribution in [0.4, 0.5) is 5.69 Å². The van der Waals surface area contributed by atoms with Crippen LogP contribution in [0.25, 0.3) is 0 Å². The van der Waals surface area contributed by atoms with Crippen molar-refractivity contribution in [2.24, 2.45) is 0 Å². The van der Waals surface area contributed by atoms with E-state index in [4.69, 9.17) is 27.9 Å². The molecule has 0 saturated heterocycles. The lowest BCUT2D eigenvalue weighted by Gasteiger charge is -2.10. The van der Waals surface area contributed by atoms with Crippen LogP contribution in [-0.2, 0) is 6.61 Å². The maximum absolute atomic E-state index is 11.0. The molecule has 0 spiro atoms. The largest absolute Gasteiger partial charge is 0.488 e. The van der Waals surface area contributed by atoms with Crippen LogP contribution < -0.4 is 4.74 Å². The maximum Gasteiger partial charge on any atom is 0.270 e. The average Bonchev–Trinajstić information content (AvgIpc) is 2.48. The van der Waals surface area contributed by atoms with Crippen molar-refractivity contribution in [3.63, 3.8) is 0 Å². The molecule has 7 heteroatoms. The summed E-state index contributed by atoms with van der Waals surface area (Å²) >= 11 is 11.9. The number of nitro groups is 1. The minimum atomic E-state index is -0.579. The molecule has 0 aliphatic rings. The van der Waals surface area contributed by atoms with Gasteiger partial charge in [0.05, 0.1) is 20.5 Å². The molecule has 0 heterocycles. The molecule has 0 N–H and O–H groups in total. The Bertz CT molecular complexity index is 703. The molecule has 0 radical (unpaired) electrons. The summed E-state index contributed by atoms with van der Waals surface area (Å²) in [6.45, 7) is 0.0953. The summed E-state index contributed by atoms with van der Waals surface area (Å²) < 4.78 is 5.49. The molecular formula is C14H9Cl2NO4. The second-order valence-electron chi connectivity index (χ2n) is 4.10. The van der Waals surface area contributed by atoms with Crippen LogP contribution in [0.1, 0.15) is 15.9 Å². The van der Waals surface area contributed by atoms with E-state index in [1.165, 1.54) is 12.1 Å². The van der Waals surface area contributed by atoms with Gasteiger partial charge in [0.1, 0.15) is 12.4 Å². The molecule has 0 saturated carbocycles. The number of rotatable bonds is 5. The third-order valence-corrected chi connectivity index (χ3v) is 3.60. The number of hydrogen-bond donors (Lipinski definition) is 0. The van der Waals surface area contributed by atoms with E-state index in [-0.39, 0.29) is 23.6 Å². The molecule has 0 aliphatic heterocycles. The van der Waals surface area contributed by atoms with Crippen LogP contribution in [0.3, 0.4) is 0 Å². The number of hydrogen-bond acceptors (Lipinski definition) is 4. The molecule has 0 aliphatic carbocycles. The van der Waals surface area contributed by atoms with Gasteiger partial charge in [-0.2, -0.15) is 0 Å². The number of carbonyl (C=O) groups excluding carboxylic acids is 1. The fraction of sp³-hybridized carbons (Fsp3) is 0.0714. The van der Waals surface area contributed by atoms with E-state index in [0.29, 0.717) is 21.9 Å². The summed E-state index contributed by atoms with van der Waals surface area (Å²) in [4.78, 5) is 21.1. The second-order valence-corrected chi connectivity index (χ2v) is 4.88. The van der Waals surface area contributed by atoms with E-state index in [1.54, 1.807) is 18.2 Å². The minimum Gasteiger partial charge on any atom is -0.488 e. The summed E-state index contributed by atoms with van der Waals surface area (Å²) in [6, 6.07) is 8.91. The molecule has 21 heavy (non-hydrogen) atoms. The molecule has 108 valence electrons. The Kier molecular flexibility index (Phi) is 4.77. The first kappa shape index (κ1) is 15.3. The standard InChI is InChI=1S/C14H9Cl2NO4/c15-12-3-1-2-9(14(12)16)8-21-13-5-4-11(17(19)20)6-10(13)7-18/h1-7H,8H2. The number of benzene rings is 2. The highest BCUT2D eigenvalue weighted by Gasteiger charge is 2.12. The lowest BCUT2D eigenvalue weighted by Crippen LogP contribution is -2.00. The molecule has 0 fully saturated rings. The van der Waals surface area contributed by atoms with Crippen molar-refractivity contribution in [2.75, 3.05) is 0 Å². The third kappa shape index (κ3) is 3.51. The second kappa shape index (κ2) is 6.56. The normalized spacial score (nSPS) is 10.2. The zero-order valence-corrected chi connectivity index (χ0v) is 12.1. The molecule has 2 rings (SSSR count). The van der Waals surface area contributed by atoms with Crippen molar-refractivity contribution in [2.45, 2.75) is 6.61 Å². The first-order valence-corrected chi connectivity index (χ1v) is 6.58. The number of aldehydes is 1. The molecule has 0 aromatic heterocycles. The van der Waals surface area contributed by atoms with Crippen molar-refractivity contribution in [1.82, 2.24) is 0 Å². The molecule has 5 nitrogen and oxygen atoms in total. The Labute approximate surface area is 130 Å². The summed E-state index contributed by atoms with van der Waals surface area (Å²) in [6.07, 6.45) is 0.502. The number of nitro benzene ring substituents is 1. The van der Waals surface area contributed by atoms with Crippen molar-refractivity contribution in [3.8, 4) is 5.75 Å². The molecule has 0 amide bonds.